The summed E-state index contributed by atoms with van der Waals surface area (Å²) in [6, 6.07) is 11.9. The monoisotopic (exact) mass is 352 g/mol. The summed E-state index contributed by atoms with van der Waals surface area (Å²) in [5.41, 5.74) is 3.41. The Morgan fingerprint density at radius 2 is 1.96 bits per heavy atom. The number of anilines is 2. The van der Waals surface area contributed by atoms with Gasteiger partial charge in [0.1, 0.15) is 0 Å². The Balaban J connectivity index is 1.71. The molecular formula is C20H20N2O4. The molecule has 2 N–H and O–H groups in total. The first kappa shape index (κ1) is 17.7. The Morgan fingerprint density at radius 3 is 2.69 bits per heavy atom. The van der Waals surface area contributed by atoms with Gasteiger partial charge in [-0.1, -0.05) is 12.1 Å². The normalized spacial score (nSPS) is 13.3. The van der Waals surface area contributed by atoms with Crippen LogP contribution in [0.5, 0.6) is 0 Å². The number of nitrogens with one attached hydrogen (secondary N) is 1. The first-order valence-corrected chi connectivity index (χ1v) is 8.53. The predicted molar refractivity (Wildman–Crippen MR) is 98.5 cm³/mol. The van der Waals surface area contributed by atoms with Gasteiger partial charge in [0, 0.05) is 24.3 Å². The lowest BCUT2D eigenvalue weighted by Crippen LogP contribution is -2.34. The van der Waals surface area contributed by atoms with E-state index in [1.807, 2.05) is 19.1 Å². The fraction of sp³-hybridized carbons (Fsp3) is 0.250. The summed E-state index contributed by atoms with van der Waals surface area (Å²) in [6.45, 7) is 2.56. The molecule has 2 aromatic rings. The van der Waals surface area contributed by atoms with E-state index in [0.717, 1.165) is 11.3 Å². The van der Waals surface area contributed by atoms with Crippen LogP contribution >= 0.6 is 0 Å². The topological polar surface area (TPSA) is 86.7 Å². The number of carbonyl (C=O) groups is 3. The lowest BCUT2D eigenvalue weighted by Gasteiger charge is -2.28. The zero-order valence-corrected chi connectivity index (χ0v) is 14.5. The Kier molecular flexibility index (Phi) is 5.02. The number of aromatic carboxylic acids is 1. The molecule has 0 atom stereocenters. The number of aryl methyl sites for hydroxylation is 1. The second-order valence-electron chi connectivity index (χ2n) is 6.21. The minimum atomic E-state index is -1.02. The maximum atomic E-state index is 12.3. The SMILES string of the molecule is CCN1C(=O)CCc2cc(NC(=O)Cc3cccc(C(=O)O)c3)ccc21. The number of carboxylic acids is 1. The molecule has 6 nitrogen and oxygen atoms in total. The van der Waals surface area contributed by atoms with Gasteiger partial charge in [-0.05, 0) is 54.8 Å². The number of benzene rings is 2. The summed E-state index contributed by atoms with van der Waals surface area (Å²) in [5.74, 6) is -1.11. The summed E-state index contributed by atoms with van der Waals surface area (Å²) in [6.07, 6.45) is 1.23. The van der Waals surface area contributed by atoms with E-state index >= 15 is 0 Å². The molecular weight excluding hydrogens is 332 g/mol. The van der Waals surface area contributed by atoms with Crippen LogP contribution < -0.4 is 10.2 Å². The van der Waals surface area contributed by atoms with Gasteiger partial charge in [-0.15, -0.1) is 0 Å². The van der Waals surface area contributed by atoms with E-state index in [4.69, 9.17) is 5.11 Å². The summed E-state index contributed by atoms with van der Waals surface area (Å²) in [4.78, 5) is 37.0. The maximum absolute atomic E-state index is 12.3. The molecule has 1 aliphatic rings. The first-order valence-electron chi connectivity index (χ1n) is 8.53. The van der Waals surface area contributed by atoms with Crippen molar-refractivity contribution in [2.75, 3.05) is 16.8 Å². The zero-order valence-electron chi connectivity index (χ0n) is 14.5. The van der Waals surface area contributed by atoms with Crippen LogP contribution in [0.25, 0.3) is 0 Å². The molecule has 6 heteroatoms. The van der Waals surface area contributed by atoms with Gasteiger partial charge < -0.3 is 15.3 Å². The highest BCUT2D eigenvalue weighted by molar-refractivity contribution is 5.98. The minimum Gasteiger partial charge on any atom is -0.478 e. The molecule has 0 aromatic heterocycles. The summed E-state index contributed by atoms with van der Waals surface area (Å²) in [7, 11) is 0. The van der Waals surface area contributed by atoms with E-state index < -0.39 is 5.97 Å². The third-order valence-electron chi connectivity index (χ3n) is 4.42. The zero-order chi connectivity index (χ0) is 18.7. The maximum Gasteiger partial charge on any atom is 0.335 e. The minimum absolute atomic E-state index is 0.0950. The molecule has 134 valence electrons. The number of hydrogen-bond donors (Lipinski definition) is 2. The van der Waals surface area contributed by atoms with E-state index in [1.54, 1.807) is 23.1 Å². The Hall–Kier alpha value is -3.15. The van der Waals surface area contributed by atoms with Crippen molar-refractivity contribution in [1.82, 2.24) is 0 Å². The molecule has 2 aromatic carbocycles. The van der Waals surface area contributed by atoms with Crippen molar-refractivity contribution in [2.24, 2.45) is 0 Å². The van der Waals surface area contributed by atoms with E-state index in [-0.39, 0.29) is 23.8 Å². The molecule has 1 aliphatic heterocycles. The molecule has 1 heterocycles. The highest BCUT2D eigenvalue weighted by Crippen LogP contribution is 2.30. The van der Waals surface area contributed by atoms with Gasteiger partial charge in [0.25, 0.3) is 0 Å². The number of amides is 2. The molecule has 3 rings (SSSR count). The smallest absolute Gasteiger partial charge is 0.335 e. The molecule has 0 saturated heterocycles. The molecule has 0 radical (unpaired) electrons. The lowest BCUT2D eigenvalue weighted by atomic mass is 10.0. The highest BCUT2D eigenvalue weighted by atomic mass is 16.4. The van der Waals surface area contributed by atoms with Gasteiger partial charge in [0.15, 0.2) is 0 Å². The molecule has 0 bridgehead atoms. The summed E-state index contributed by atoms with van der Waals surface area (Å²) < 4.78 is 0. The van der Waals surface area contributed by atoms with Gasteiger partial charge in [0.2, 0.25) is 11.8 Å². The molecule has 0 aliphatic carbocycles. The molecule has 2 amide bonds. The van der Waals surface area contributed by atoms with E-state index in [9.17, 15) is 14.4 Å². The Bertz CT molecular complexity index is 876. The average molecular weight is 352 g/mol. The standard InChI is InChI=1S/C20H20N2O4/c1-2-22-17-8-7-16(12-14(17)6-9-19(22)24)21-18(23)11-13-4-3-5-15(10-13)20(25)26/h3-5,7-8,10,12H,2,6,9,11H2,1H3,(H,21,23)(H,25,26). The number of carbonyl (C=O) groups excluding carboxylic acids is 2. The Morgan fingerprint density at radius 1 is 1.15 bits per heavy atom. The molecule has 0 fully saturated rings. The number of hydrogen-bond acceptors (Lipinski definition) is 3. The van der Waals surface area contributed by atoms with Crippen LogP contribution in [-0.2, 0) is 22.4 Å². The van der Waals surface area contributed by atoms with Gasteiger partial charge in [0.05, 0.1) is 12.0 Å². The van der Waals surface area contributed by atoms with Crippen molar-refractivity contribution in [3.05, 3.63) is 59.2 Å². The second kappa shape index (κ2) is 7.39. The lowest BCUT2D eigenvalue weighted by molar-refractivity contribution is -0.119. The van der Waals surface area contributed by atoms with Gasteiger partial charge in [-0.2, -0.15) is 0 Å². The number of fused-ring (bicyclic) bond motifs is 1. The van der Waals surface area contributed by atoms with E-state index in [2.05, 4.69) is 5.32 Å². The van der Waals surface area contributed by atoms with Gasteiger partial charge in [-0.25, -0.2) is 4.79 Å². The largest absolute Gasteiger partial charge is 0.478 e. The van der Waals surface area contributed by atoms with Crippen molar-refractivity contribution in [2.45, 2.75) is 26.2 Å². The predicted octanol–water partition coefficient (Wildman–Crippen LogP) is 2.87. The quantitative estimate of drug-likeness (QED) is 0.866. The van der Waals surface area contributed by atoms with Crippen molar-refractivity contribution in [1.29, 1.82) is 0 Å². The fourth-order valence-electron chi connectivity index (χ4n) is 3.19. The molecule has 0 saturated carbocycles. The van der Waals surface area contributed by atoms with Crippen molar-refractivity contribution in [3.8, 4) is 0 Å². The molecule has 0 unspecified atom stereocenters. The third kappa shape index (κ3) is 3.74. The first-order chi connectivity index (χ1) is 12.5. The average Bonchev–Trinajstić information content (AvgIpc) is 2.62. The van der Waals surface area contributed by atoms with Crippen LogP contribution in [0.3, 0.4) is 0 Å². The van der Waals surface area contributed by atoms with Gasteiger partial charge in [-0.3, -0.25) is 9.59 Å². The summed E-state index contributed by atoms with van der Waals surface area (Å²) >= 11 is 0. The van der Waals surface area contributed by atoms with Gasteiger partial charge >= 0.3 is 5.97 Å². The number of rotatable bonds is 5. The van der Waals surface area contributed by atoms with E-state index in [0.29, 0.717) is 30.6 Å². The van der Waals surface area contributed by atoms with Crippen LogP contribution in [0.15, 0.2) is 42.5 Å². The fourth-order valence-corrected chi connectivity index (χ4v) is 3.19. The number of nitrogens with zero attached hydrogens (tertiary/aromatic N) is 1. The molecule has 0 spiro atoms. The second-order valence-corrected chi connectivity index (χ2v) is 6.21. The van der Waals surface area contributed by atoms with Crippen molar-refractivity contribution in [3.63, 3.8) is 0 Å². The third-order valence-corrected chi connectivity index (χ3v) is 4.42. The number of carboxylic acid groups (broad SMARTS) is 1. The Labute approximate surface area is 151 Å². The van der Waals surface area contributed by atoms with Crippen LogP contribution in [0.4, 0.5) is 11.4 Å². The van der Waals surface area contributed by atoms with Crippen molar-refractivity contribution < 1.29 is 19.5 Å². The highest BCUT2D eigenvalue weighted by Gasteiger charge is 2.23. The van der Waals surface area contributed by atoms with Crippen LogP contribution in [0.2, 0.25) is 0 Å². The van der Waals surface area contributed by atoms with Crippen LogP contribution in [-0.4, -0.2) is 29.4 Å². The van der Waals surface area contributed by atoms with Crippen LogP contribution in [0, 0.1) is 0 Å². The van der Waals surface area contributed by atoms with Crippen LogP contribution in [0.1, 0.15) is 34.8 Å². The van der Waals surface area contributed by atoms with Crippen molar-refractivity contribution >= 4 is 29.2 Å². The summed E-state index contributed by atoms with van der Waals surface area (Å²) in [5, 5.41) is 11.9. The van der Waals surface area contributed by atoms with E-state index in [1.165, 1.54) is 12.1 Å². The molecule has 26 heavy (non-hydrogen) atoms.